The van der Waals surface area contributed by atoms with E-state index in [1.807, 2.05) is 0 Å². The van der Waals surface area contributed by atoms with Gasteiger partial charge in [0.05, 0.1) is 5.92 Å². The van der Waals surface area contributed by atoms with Crippen LogP contribution in [0.2, 0.25) is 0 Å². The quantitative estimate of drug-likeness (QED) is 0.884. The second kappa shape index (κ2) is 7.25. The molecule has 0 saturated carbocycles. The number of carboxylic acid groups (broad SMARTS) is 1. The van der Waals surface area contributed by atoms with E-state index in [4.69, 9.17) is 5.11 Å². The van der Waals surface area contributed by atoms with E-state index in [2.05, 4.69) is 5.10 Å². The second-order valence-corrected chi connectivity index (χ2v) is 5.79. The van der Waals surface area contributed by atoms with Crippen LogP contribution in [0, 0.1) is 18.7 Å². The molecule has 1 aromatic carbocycles. The van der Waals surface area contributed by atoms with Crippen molar-refractivity contribution in [1.82, 2.24) is 14.7 Å². The SMILES string of the molecule is Cc1cc(=O)c(C(=O)N(C)CC(C)C(=O)O)nn1-c1ccccc1F. The highest BCUT2D eigenvalue weighted by Gasteiger charge is 2.23. The highest BCUT2D eigenvalue weighted by atomic mass is 19.1. The minimum absolute atomic E-state index is 0.0805. The molecule has 0 fully saturated rings. The molecule has 7 nitrogen and oxygen atoms in total. The fraction of sp³-hybridized carbons (Fsp3) is 0.294. The number of halogens is 1. The third-order valence-corrected chi connectivity index (χ3v) is 3.71. The summed E-state index contributed by atoms with van der Waals surface area (Å²) < 4.78 is 15.2. The molecule has 25 heavy (non-hydrogen) atoms. The molecule has 132 valence electrons. The van der Waals surface area contributed by atoms with E-state index in [0.29, 0.717) is 5.69 Å². The van der Waals surface area contributed by atoms with Crippen LogP contribution in [0.15, 0.2) is 35.1 Å². The molecule has 8 heteroatoms. The van der Waals surface area contributed by atoms with E-state index in [1.165, 1.54) is 42.9 Å². The summed E-state index contributed by atoms with van der Waals surface area (Å²) in [4.78, 5) is 36.6. The highest BCUT2D eigenvalue weighted by Crippen LogP contribution is 2.13. The summed E-state index contributed by atoms with van der Waals surface area (Å²) >= 11 is 0. The van der Waals surface area contributed by atoms with Crippen LogP contribution in [0.4, 0.5) is 4.39 Å². The van der Waals surface area contributed by atoms with Gasteiger partial charge in [-0.3, -0.25) is 14.4 Å². The maximum Gasteiger partial charge on any atom is 0.308 e. The largest absolute Gasteiger partial charge is 0.481 e. The molecule has 2 rings (SSSR count). The summed E-state index contributed by atoms with van der Waals surface area (Å²) in [7, 11) is 1.39. The summed E-state index contributed by atoms with van der Waals surface area (Å²) in [5.74, 6) is -3.12. The molecular formula is C17H18FN3O4. The Bertz CT molecular complexity index is 878. The Morgan fingerprint density at radius 1 is 1.36 bits per heavy atom. The summed E-state index contributed by atoms with van der Waals surface area (Å²) in [5.41, 5.74) is -0.525. The molecular weight excluding hydrogens is 329 g/mol. The lowest BCUT2D eigenvalue weighted by molar-refractivity contribution is -0.141. The molecule has 2 aromatic rings. The van der Waals surface area contributed by atoms with Gasteiger partial charge in [-0.05, 0) is 19.1 Å². The Balaban J connectivity index is 2.44. The van der Waals surface area contributed by atoms with Crippen molar-refractivity contribution in [2.75, 3.05) is 13.6 Å². The topological polar surface area (TPSA) is 92.5 Å². The molecule has 1 aromatic heterocycles. The fourth-order valence-electron chi connectivity index (χ4n) is 2.32. The number of amides is 1. The molecule has 1 N–H and O–H groups in total. The molecule has 0 radical (unpaired) electrons. The maximum atomic E-state index is 14.0. The third kappa shape index (κ3) is 3.90. The normalized spacial score (nSPS) is 11.8. The van der Waals surface area contributed by atoms with Crippen molar-refractivity contribution < 1.29 is 19.1 Å². The van der Waals surface area contributed by atoms with Crippen LogP contribution in [0.5, 0.6) is 0 Å². The minimum Gasteiger partial charge on any atom is -0.481 e. The summed E-state index contributed by atoms with van der Waals surface area (Å²) in [6.45, 7) is 2.94. The van der Waals surface area contributed by atoms with Crippen LogP contribution >= 0.6 is 0 Å². The Kier molecular flexibility index (Phi) is 5.31. The van der Waals surface area contributed by atoms with Gasteiger partial charge in [0.1, 0.15) is 11.5 Å². The lowest BCUT2D eigenvalue weighted by Gasteiger charge is -2.19. The minimum atomic E-state index is -1.06. The lowest BCUT2D eigenvalue weighted by atomic mass is 10.1. The van der Waals surface area contributed by atoms with Crippen molar-refractivity contribution in [3.63, 3.8) is 0 Å². The number of aryl methyl sites for hydroxylation is 1. The van der Waals surface area contributed by atoms with Gasteiger partial charge in [0, 0.05) is 25.4 Å². The van der Waals surface area contributed by atoms with E-state index in [9.17, 15) is 18.8 Å². The number of aliphatic carboxylic acids is 1. The first-order chi connectivity index (χ1) is 11.7. The van der Waals surface area contributed by atoms with Gasteiger partial charge in [0.25, 0.3) is 5.91 Å². The Hall–Kier alpha value is -3.03. The van der Waals surface area contributed by atoms with E-state index in [0.717, 1.165) is 4.90 Å². The number of carboxylic acids is 1. The van der Waals surface area contributed by atoms with Gasteiger partial charge in [0.15, 0.2) is 5.69 Å². The first kappa shape index (κ1) is 18.3. The number of hydrogen-bond acceptors (Lipinski definition) is 4. The number of carbonyl (C=O) groups excluding carboxylic acids is 1. The first-order valence-corrected chi connectivity index (χ1v) is 7.56. The molecule has 0 aliphatic carbocycles. The summed E-state index contributed by atoms with van der Waals surface area (Å²) in [6.07, 6.45) is 0. The monoisotopic (exact) mass is 347 g/mol. The second-order valence-electron chi connectivity index (χ2n) is 5.79. The highest BCUT2D eigenvalue weighted by molar-refractivity contribution is 5.92. The van der Waals surface area contributed by atoms with Crippen LogP contribution in [0.25, 0.3) is 5.69 Å². The molecule has 0 spiro atoms. The average Bonchev–Trinajstić information content (AvgIpc) is 2.55. The van der Waals surface area contributed by atoms with E-state index in [1.54, 1.807) is 13.0 Å². The number of aromatic nitrogens is 2. The van der Waals surface area contributed by atoms with Crippen LogP contribution in [0.3, 0.4) is 0 Å². The van der Waals surface area contributed by atoms with Gasteiger partial charge in [-0.25, -0.2) is 9.07 Å². The number of nitrogens with zero attached hydrogens (tertiary/aromatic N) is 3. The van der Waals surface area contributed by atoms with Crippen LogP contribution in [0.1, 0.15) is 23.1 Å². The first-order valence-electron chi connectivity index (χ1n) is 7.56. The standard InChI is InChI=1S/C17H18FN3O4/c1-10(17(24)25)9-20(3)16(23)15-14(22)8-11(2)21(19-15)13-7-5-4-6-12(13)18/h4-8,10H,9H2,1-3H3,(H,24,25). The van der Waals surface area contributed by atoms with Crippen molar-refractivity contribution in [3.8, 4) is 5.69 Å². The molecule has 0 aliphatic rings. The Morgan fingerprint density at radius 2 is 2.00 bits per heavy atom. The zero-order valence-electron chi connectivity index (χ0n) is 14.1. The number of carbonyl (C=O) groups is 2. The number of rotatable bonds is 5. The predicted octanol–water partition coefficient (Wildman–Crippen LogP) is 1.47. The van der Waals surface area contributed by atoms with Crippen molar-refractivity contribution in [1.29, 1.82) is 0 Å². The average molecular weight is 347 g/mol. The van der Waals surface area contributed by atoms with Crippen LogP contribution in [-0.2, 0) is 4.79 Å². The van der Waals surface area contributed by atoms with E-state index >= 15 is 0 Å². The van der Waals surface area contributed by atoms with Gasteiger partial charge in [0.2, 0.25) is 5.43 Å². The van der Waals surface area contributed by atoms with Crippen molar-refractivity contribution in [2.45, 2.75) is 13.8 Å². The molecule has 1 atom stereocenters. The van der Waals surface area contributed by atoms with Gasteiger partial charge in [-0.1, -0.05) is 19.1 Å². The number of para-hydroxylation sites is 1. The molecule has 1 amide bonds. The lowest BCUT2D eigenvalue weighted by Crippen LogP contribution is -2.37. The van der Waals surface area contributed by atoms with Crippen LogP contribution < -0.4 is 5.43 Å². The van der Waals surface area contributed by atoms with Gasteiger partial charge >= 0.3 is 5.97 Å². The van der Waals surface area contributed by atoms with E-state index < -0.39 is 34.7 Å². The third-order valence-electron chi connectivity index (χ3n) is 3.71. The number of hydrogen-bond donors (Lipinski definition) is 1. The molecule has 0 aliphatic heterocycles. The van der Waals surface area contributed by atoms with Crippen molar-refractivity contribution in [3.05, 3.63) is 57.8 Å². The predicted molar refractivity (Wildman–Crippen MR) is 88.3 cm³/mol. The van der Waals surface area contributed by atoms with Gasteiger partial charge < -0.3 is 10.0 Å². The zero-order valence-corrected chi connectivity index (χ0v) is 14.1. The molecule has 1 unspecified atom stereocenters. The Labute approximate surface area is 143 Å². The maximum absolute atomic E-state index is 14.0. The van der Waals surface area contributed by atoms with Crippen LogP contribution in [-0.4, -0.2) is 45.3 Å². The molecule has 1 heterocycles. The van der Waals surface area contributed by atoms with Gasteiger partial charge in [-0.15, -0.1) is 0 Å². The smallest absolute Gasteiger partial charge is 0.308 e. The van der Waals surface area contributed by atoms with Crippen molar-refractivity contribution in [2.24, 2.45) is 5.92 Å². The Morgan fingerprint density at radius 3 is 2.60 bits per heavy atom. The zero-order chi connectivity index (χ0) is 18.7. The van der Waals surface area contributed by atoms with Gasteiger partial charge in [-0.2, -0.15) is 5.10 Å². The van der Waals surface area contributed by atoms with Crippen molar-refractivity contribution >= 4 is 11.9 Å². The summed E-state index contributed by atoms with van der Waals surface area (Å²) in [5, 5.41) is 12.9. The van der Waals surface area contributed by atoms with E-state index in [-0.39, 0.29) is 12.2 Å². The number of benzene rings is 1. The molecule has 0 bridgehead atoms. The summed E-state index contributed by atoms with van der Waals surface area (Å²) in [6, 6.07) is 7.05. The molecule has 0 saturated heterocycles. The fourth-order valence-corrected chi connectivity index (χ4v) is 2.32.